The molecule has 1 aromatic heterocycles. The molecule has 1 atom stereocenters. The number of hydrogen-bond donors (Lipinski definition) is 1. The SMILES string of the molecule is Cc1ccc(C#N)c(NCC2CCCCN2C)n1. The number of piperidine rings is 1. The van der Waals surface area contributed by atoms with Crippen LogP contribution in [0.4, 0.5) is 5.82 Å². The van der Waals surface area contributed by atoms with Crippen molar-refractivity contribution >= 4 is 5.82 Å². The molecule has 0 radical (unpaired) electrons. The first-order valence-corrected chi connectivity index (χ1v) is 6.52. The number of nitriles is 1. The van der Waals surface area contributed by atoms with Crippen LogP contribution in [-0.2, 0) is 0 Å². The zero-order valence-electron chi connectivity index (χ0n) is 11.1. The van der Waals surface area contributed by atoms with Crippen LogP contribution in [0.15, 0.2) is 12.1 Å². The van der Waals surface area contributed by atoms with E-state index in [0.29, 0.717) is 11.6 Å². The molecule has 2 heterocycles. The van der Waals surface area contributed by atoms with E-state index >= 15 is 0 Å². The second-order valence-electron chi connectivity index (χ2n) is 4.97. The Morgan fingerprint density at radius 3 is 3.06 bits per heavy atom. The van der Waals surface area contributed by atoms with Gasteiger partial charge in [-0.3, -0.25) is 0 Å². The topological polar surface area (TPSA) is 52.0 Å². The molecule has 0 saturated carbocycles. The number of pyridine rings is 1. The molecule has 1 fully saturated rings. The van der Waals surface area contributed by atoms with E-state index in [9.17, 15) is 0 Å². The molecule has 1 aromatic rings. The molecule has 0 spiro atoms. The summed E-state index contributed by atoms with van der Waals surface area (Å²) in [6, 6.07) is 6.43. The van der Waals surface area contributed by atoms with Crippen molar-refractivity contribution in [3.63, 3.8) is 0 Å². The molecule has 0 aromatic carbocycles. The summed E-state index contributed by atoms with van der Waals surface area (Å²) in [4.78, 5) is 6.79. The van der Waals surface area contributed by atoms with Crippen LogP contribution in [0.25, 0.3) is 0 Å². The third kappa shape index (κ3) is 2.99. The highest BCUT2D eigenvalue weighted by Crippen LogP contribution is 2.17. The Kier molecular flexibility index (Phi) is 4.16. The first kappa shape index (κ1) is 12.8. The molecule has 4 heteroatoms. The molecule has 1 aliphatic rings. The van der Waals surface area contributed by atoms with E-state index in [1.165, 1.54) is 25.8 Å². The molecule has 96 valence electrons. The lowest BCUT2D eigenvalue weighted by Crippen LogP contribution is -2.40. The van der Waals surface area contributed by atoms with Crippen molar-refractivity contribution in [2.45, 2.75) is 32.2 Å². The van der Waals surface area contributed by atoms with Gasteiger partial charge < -0.3 is 10.2 Å². The van der Waals surface area contributed by atoms with Gasteiger partial charge in [0.25, 0.3) is 0 Å². The van der Waals surface area contributed by atoms with Crippen LogP contribution in [0.5, 0.6) is 0 Å². The van der Waals surface area contributed by atoms with Gasteiger partial charge in [-0.05, 0) is 45.5 Å². The number of nitrogens with one attached hydrogen (secondary N) is 1. The van der Waals surface area contributed by atoms with Crippen LogP contribution in [0.1, 0.15) is 30.5 Å². The molecule has 1 aliphatic heterocycles. The maximum Gasteiger partial charge on any atom is 0.144 e. The number of rotatable bonds is 3. The van der Waals surface area contributed by atoms with Crippen LogP contribution in [0, 0.1) is 18.3 Å². The van der Waals surface area contributed by atoms with Crippen molar-refractivity contribution in [2.24, 2.45) is 0 Å². The molecule has 4 nitrogen and oxygen atoms in total. The van der Waals surface area contributed by atoms with Crippen molar-refractivity contribution in [3.8, 4) is 6.07 Å². The summed E-state index contributed by atoms with van der Waals surface area (Å²) in [5.74, 6) is 0.719. The zero-order valence-corrected chi connectivity index (χ0v) is 11.1. The van der Waals surface area contributed by atoms with E-state index in [4.69, 9.17) is 5.26 Å². The van der Waals surface area contributed by atoms with Gasteiger partial charge in [-0.2, -0.15) is 5.26 Å². The second-order valence-corrected chi connectivity index (χ2v) is 4.97. The summed E-state index contributed by atoms with van der Waals surface area (Å²) in [6.07, 6.45) is 3.80. The third-order valence-corrected chi connectivity index (χ3v) is 3.58. The van der Waals surface area contributed by atoms with Crippen molar-refractivity contribution in [1.82, 2.24) is 9.88 Å². The van der Waals surface area contributed by atoms with Gasteiger partial charge >= 0.3 is 0 Å². The number of aryl methyl sites for hydroxylation is 1. The zero-order chi connectivity index (χ0) is 13.0. The number of nitrogens with zero attached hydrogens (tertiary/aromatic N) is 3. The molecule has 1 unspecified atom stereocenters. The van der Waals surface area contributed by atoms with Gasteiger partial charge in [0.1, 0.15) is 11.9 Å². The Morgan fingerprint density at radius 1 is 1.50 bits per heavy atom. The summed E-state index contributed by atoms with van der Waals surface area (Å²) in [6.45, 7) is 3.97. The summed E-state index contributed by atoms with van der Waals surface area (Å²) in [7, 11) is 2.17. The summed E-state index contributed by atoms with van der Waals surface area (Å²) >= 11 is 0. The average Bonchev–Trinajstić information content (AvgIpc) is 2.38. The minimum absolute atomic E-state index is 0.549. The van der Waals surface area contributed by atoms with E-state index in [1.54, 1.807) is 0 Å². The van der Waals surface area contributed by atoms with Gasteiger partial charge in [-0.25, -0.2) is 4.98 Å². The Balaban J connectivity index is 2.01. The Morgan fingerprint density at radius 2 is 2.33 bits per heavy atom. The fourth-order valence-electron chi connectivity index (χ4n) is 2.40. The maximum atomic E-state index is 9.06. The van der Waals surface area contributed by atoms with E-state index in [-0.39, 0.29) is 0 Å². The smallest absolute Gasteiger partial charge is 0.144 e. The minimum Gasteiger partial charge on any atom is -0.367 e. The average molecular weight is 244 g/mol. The molecule has 1 saturated heterocycles. The van der Waals surface area contributed by atoms with E-state index < -0.39 is 0 Å². The Bertz CT molecular complexity index is 450. The van der Waals surface area contributed by atoms with E-state index in [2.05, 4.69) is 28.3 Å². The second kappa shape index (κ2) is 5.83. The maximum absolute atomic E-state index is 9.06. The normalized spacial score (nSPS) is 20.4. The number of hydrogen-bond acceptors (Lipinski definition) is 4. The lowest BCUT2D eigenvalue weighted by atomic mass is 10.0. The highest BCUT2D eigenvalue weighted by Gasteiger charge is 2.18. The van der Waals surface area contributed by atoms with Gasteiger partial charge in [0.05, 0.1) is 5.56 Å². The fraction of sp³-hybridized carbons (Fsp3) is 0.571. The minimum atomic E-state index is 0.549. The molecule has 0 bridgehead atoms. The quantitative estimate of drug-likeness (QED) is 0.885. The highest BCUT2D eigenvalue weighted by atomic mass is 15.2. The molecule has 0 aliphatic carbocycles. The lowest BCUT2D eigenvalue weighted by molar-refractivity contribution is 0.194. The molecule has 0 amide bonds. The van der Waals surface area contributed by atoms with Crippen molar-refractivity contribution in [2.75, 3.05) is 25.5 Å². The van der Waals surface area contributed by atoms with Crippen LogP contribution in [0.3, 0.4) is 0 Å². The summed E-state index contributed by atoms with van der Waals surface area (Å²) < 4.78 is 0. The van der Waals surface area contributed by atoms with Gasteiger partial charge in [0.2, 0.25) is 0 Å². The van der Waals surface area contributed by atoms with E-state index in [0.717, 1.165) is 18.1 Å². The Labute approximate surface area is 109 Å². The monoisotopic (exact) mass is 244 g/mol. The van der Waals surface area contributed by atoms with Gasteiger partial charge in [-0.1, -0.05) is 6.42 Å². The van der Waals surface area contributed by atoms with Crippen LogP contribution in [0.2, 0.25) is 0 Å². The lowest BCUT2D eigenvalue weighted by Gasteiger charge is -2.32. The van der Waals surface area contributed by atoms with Crippen LogP contribution in [-0.4, -0.2) is 36.1 Å². The molecule has 1 N–H and O–H groups in total. The molecular formula is C14H20N4. The fourth-order valence-corrected chi connectivity index (χ4v) is 2.40. The van der Waals surface area contributed by atoms with Gasteiger partial charge in [-0.15, -0.1) is 0 Å². The van der Waals surface area contributed by atoms with Crippen molar-refractivity contribution < 1.29 is 0 Å². The molecule has 18 heavy (non-hydrogen) atoms. The molecule has 2 rings (SSSR count). The summed E-state index contributed by atoms with van der Waals surface area (Å²) in [5, 5.41) is 12.4. The van der Waals surface area contributed by atoms with Crippen molar-refractivity contribution in [1.29, 1.82) is 5.26 Å². The molecular weight excluding hydrogens is 224 g/mol. The number of likely N-dealkylation sites (N-methyl/N-ethyl adjacent to an activating group) is 1. The number of likely N-dealkylation sites (tertiary alicyclic amines) is 1. The predicted molar refractivity (Wildman–Crippen MR) is 72.4 cm³/mol. The summed E-state index contributed by atoms with van der Waals surface area (Å²) in [5.41, 5.74) is 1.56. The first-order chi connectivity index (χ1) is 8.70. The predicted octanol–water partition coefficient (Wildman–Crippen LogP) is 2.16. The van der Waals surface area contributed by atoms with Crippen LogP contribution < -0.4 is 5.32 Å². The van der Waals surface area contributed by atoms with Crippen molar-refractivity contribution in [3.05, 3.63) is 23.4 Å². The van der Waals surface area contributed by atoms with E-state index in [1.807, 2.05) is 19.1 Å². The standard InChI is InChI=1S/C14H20N4/c1-11-6-7-12(9-15)14(17-11)16-10-13-5-3-4-8-18(13)2/h6-7,13H,3-5,8,10H2,1-2H3,(H,16,17). The number of aromatic nitrogens is 1. The highest BCUT2D eigenvalue weighted by molar-refractivity contribution is 5.52. The largest absolute Gasteiger partial charge is 0.367 e. The van der Waals surface area contributed by atoms with Crippen LogP contribution >= 0.6 is 0 Å². The van der Waals surface area contributed by atoms with Gasteiger partial charge in [0.15, 0.2) is 0 Å². The number of anilines is 1. The van der Waals surface area contributed by atoms with Gasteiger partial charge in [0, 0.05) is 18.3 Å². The Hall–Kier alpha value is -1.60. The first-order valence-electron chi connectivity index (χ1n) is 6.52. The third-order valence-electron chi connectivity index (χ3n) is 3.58.